The van der Waals surface area contributed by atoms with Gasteiger partial charge >= 0.3 is 12.3 Å². The monoisotopic (exact) mass is 546 g/mol. The molecule has 0 saturated heterocycles. The summed E-state index contributed by atoms with van der Waals surface area (Å²) >= 11 is 0. The normalized spacial score (nSPS) is 20.4. The van der Waals surface area contributed by atoms with Crippen molar-refractivity contribution < 1.29 is 45.0 Å². The first-order valence-electron chi connectivity index (χ1n) is 11.1. The third-order valence-electron chi connectivity index (χ3n) is 6.25. The summed E-state index contributed by atoms with van der Waals surface area (Å²) < 4.78 is 98.7. The Bertz CT molecular complexity index is 1320. The Kier molecular flexibility index (Phi) is 8.14. The molecule has 2 aromatic carbocycles. The molecule has 0 aromatic heterocycles. The van der Waals surface area contributed by atoms with Crippen LogP contribution in [0.15, 0.2) is 41.3 Å². The highest BCUT2D eigenvalue weighted by Crippen LogP contribution is 2.41. The number of methoxy groups -OCH3 is 1. The van der Waals surface area contributed by atoms with Crippen LogP contribution in [0.2, 0.25) is 0 Å². The molecule has 2 fully saturated rings. The molecule has 0 heterocycles. The minimum Gasteiger partial charge on any atom is -0.465 e. The molecule has 13 heteroatoms. The Labute approximate surface area is 209 Å². The van der Waals surface area contributed by atoms with Gasteiger partial charge in [0.1, 0.15) is 17.2 Å². The molecule has 0 bridgehead atoms. The maximum absolute atomic E-state index is 14.0. The number of nitrogens with zero attached hydrogens (tertiary/aromatic N) is 1. The summed E-state index contributed by atoms with van der Waals surface area (Å²) in [5.74, 6) is -1.91. The molecule has 0 unspecified atom stereocenters. The molecule has 0 radical (unpaired) electrons. The Morgan fingerprint density at radius 3 is 2.30 bits per heavy atom. The average Bonchev–Trinajstić information content (AvgIpc) is 3.40. The second kappa shape index (κ2) is 10.6. The molecule has 1 amide bonds. The van der Waals surface area contributed by atoms with E-state index in [1.807, 2.05) is 6.07 Å². The average molecular weight is 547 g/mol. The van der Waals surface area contributed by atoms with Crippen LogP contribution in [0.25, 0.3) is 11.1 Å². The van der Waals surface area contributed by atoms with E-state index in [9.17, 15) is 35.2 Å². The van der Waals surface area contributed by atoms with Crippen molar-refractivity contribution in [2.24, 2.45) is 0 Å². The van der Waals surface area contributed by atoms with Gasteiger partial charge in [0, 0.05) is 18.7 Å². The summed E-state index contributed by atoms with van der Waals surface area (Å²) in [7, 11) is -2.84. The van der Waals surface area contributed by atoms with Gasteiger partial charge < -0.3 is 15.2 Å². The smallest absolute Gasteiger partial charge is 0.417 e. The molecule has 2 aliphatic rings. The van der Waals surface area contributed by atoms with Gasteiger partial charge in [-0.2, -0.15) is 18.4 Å². The highest BCUT2D eigenvalue weighted by molar-refractivity contribution is 7.92. The van der Waals surface area contributed by atoms with E-state index >= 15 is 0 Å². The van der Waals surface area contributed by atoms with Gasteiger partial charge in [-0.25, -0.2) is 22.0 Å². The Hall–Kier alpha value is -3.24. The standard InChI is InChI=1S/C19H17F5O3S.C5H6N2O2/c1-27-13-4-5-14(10-13)28(25,26)18-7-2-11(8-16(18)19(22,23)24)15-6-3-12(20)9-17(15)21;6-3-5(1-2-5)7-4(8)9/h2-3,6-9,13-14H,4-5,10H2,1H3;7H,1-2H2,(H,8,9)/t13-,14-;/m0./s1. The Balaban J connectivity index is 0.000000356. The number of hydrogen-bond acceptors (Lipinski definition) is 5. The van der Waals surface area contributed by atoms with Crippen molar-refractivity contribution in [1.82, 2.24) is 5.32 Å². The molecule has 2 aliphatic carbocycles. The third-order valence-corrected chi connectivity index (χ3v) is 8.53. The van der Waals surface area contributed by atoms with Crippen LogP contribution in [0.1, 0.15) is 37.7 Å². The number of rotatable bonds is 5. The highest BCUT2D eigenvalue weighted by atomic mass is 32.2. The number of alkyl halides is 3. The van der Waals surface area contributed by atoms with Gasteiger partial charge in [-0.3, -0.25) is 0 Å². The summed E-state index contributed by atoms with van der Waals surface area (Å²) in [5, 5.41) is 17.6. The van der Waals surface area contributed by atoms with E-state index in [0.29, 0.717) is 31.4 Å². The SMILES string of the molecule is CO[C@H]1CC[C@H](S(=O)(=O)c2ccc(-c3ccc(F)cc3F)cc2C(F)(F)F)C1.N#CC1(NC(=O)O)CC1. The van der Waals surface area contributed by atoms with E-state index in [1.54, 1.807) is 0 Å². The summed E-state index contributed by atoms with van der Waals surface area (Å²) in [6.45, 7) is 0. The van der Waals surface area contributed by atoms with Gasteiger partial charge in [-0.05, 0) is 61.9 Å². The van der Waals surface area contributed by atoms with E-state index < -0.39 is 55.0 Å². The van der Waals surface area contributed by atoms with E-state index in [2.05, 4.69) is 5.32 Å². The van der Waals surface area contributed by atoms with E-state index in [-0.39, 0.29) is 30.1 Å². The van der Waals surface area contributed by atoms with Crippen LogP contribution in [-0.4, -0.2) is 43.6 Å². The predicted octanol–water partition coefficient (Wildman–Crippen LogP) is 5.30. The Morgan fingerprint density at radius 2 is 1.84 bits per heavy atom. The zero-order chi connectivity index (χ0) is 27.6. The molecular weight excluding hydrogens is 523 g/mol. The minimum atomic E-state index is -4.96. The van der Waals surface area contributed by atoms with Crippen molar-refractivity contribution in [3.63, 3.8) is 0 Å². The fourth-order valence-electron chi connectivity index (χ4n) is 4.06. The maximum atomic E-state index is 14.0. The fourth-order valence-corrected chi connectivity index (χ4v) is 6.07. The largest absolute Gasteiger partial charge is 0.465 e. The zero-order valence-electron chi connectivity index (χ0n) is 19.5. The van der Waals surface area contributed by atoms with Crippen LogP contribution in [-0.2, 0) is 20.8 Å². The summed E-state index contributed by atoms with van der Waals surface area (Å²) in [5.41, 5.74) is -2.54. The van der Waals surface area contributed by atoms with Gasteiger partial charge in [0.25, 0.3) is 0 Å². The number of nitriles is 1. The predicted molar refractivity (Wildman–Crippen MR) is 121 cm³/mol. The van der Waals surface area contributed by atoms with Gasteiger partial charge in [0.05, 0.1) is 27.9 Å². The summed E-state index contributed by atoms with van der Waals surface area (Å²) in [6, 6.07) is 6.90. The van der Waals surface area contributed by atoms with Crippen molar-refractivity contribution in [3.8, 4) is 17.2 Å². The topological polar surface area (TPSA) is 116 Å². The number of amides is 1. The zero-order valence-corrected chi connectivity index (χ0v) is 20.3. The first-order chi connectivity index (χ1) is 17.2. The molecule has 2 saturated carbocycles. The molecule has 0 aliphatic heterocycles. The summed E-state index contributed by atoms with van der Waals surface area (Å²) in [6.07, 6.45) is -4.34. The molecule has 7 nitrogen and oxygen atoms in total. The molecule has 37 heavy (non-hydrogen) atoms. The Morgan fingerprint density at radius 1 is 1.16 bits per heavy atom. The van der Waals surface area contributed by atoms with Crippen LogP contribution in [0.5, 0.6) is 0 Å². The lowest BCUT2D eigenvalue weighted by molar-refractivity contribution is -0.139. The lowest BCUT2D eigenvalue weighted by Gasteiger charge is -2.18. The van der Waals surface area contributed by atoms with E-state index in [1.165, 1.54) is 7.11 Å². The highest BCUT2D eigenvalue weighted by Gasteiger charge is 2.45. The molecule has 2 N–H and O–H groups in total. The number of hydrogen-bond donors (Lipinski definition) is 2. The van der Waals surface area contributed by atoms with Crippen LogP contribution in [0, 0.1) is 23.0 Å². The van der Waals surface area contributed by atoms with Crippen molar-refractivity contribution >= 4 is 15.9 Å². The summed E-state index contributed by atoms with van der Waals surface area (Å²) in [4.78, 5) is 9.11. The van der Waals surface area contributed by atoms with Gasteiger partial charge in [-0.15, -0.1) is 0 Å². The van der Waals surface area contributed by atoms with Crippen LogP contribution >= 0.6 is 0 Å². The molecule has 4 rings (SSSR count). The number of halogens is 5. The lowest BCUT2D eigenvalue weighted by Crippen LogP contribution is -2.33. The number of carbonyl (C=O) groups is 1. The lowest BCUT2D eigenvalue weighted by atomic mass is 10.0. The number of benzene rings is 2. The van der Waals surface area contributed by atoms with Crippen molar-refractivity contribution in [2.45, 2.75) is 60.1 Å². The van der Waals surface area contributed by atoms with Crippen molar-refractivity contribution in [3.05, 3.63) is 53.6 Å². The quantitative estimate of drug-likeness (QED) is 0.492. The maximum Gasteiger partial charge on any atom is 0.417 e. The number of sulfone groups is 1. The third kappa shape index (κ3) is 6.56. The first kappa shape index (κ1) is 28.3. The van der Waals surface area contributed by atoms with Crippen molar-refractivity contribution in [1.29, 1.82) is 5.26 Å². The first-order valence-corrected chi connectivity index (χ1v) is 12.6. The fraction of sp³-hybridized carbons (Fsp3) is 0.417. The van der Waals surface area contributed by atoms with Gasteiger partial charge in [0.2, 0.25) is 0 Å². The molecule has 200 valence electrons. The van der Waals surface area contributed by atoms with Gasteiger partial charge in [0.15, 0.2) is 9.84 Å². The van der Waals surface area contributed by atoms with E-state index in [4.69, 9.17) is 15.1 Å². The van der Waals surface area contributed by atoms with Gasteiger partial charge in [-0.1, -0.05) is 6.07 Å². The molecular formula is C24H23F5N2O5S. The second-order valence-corrected chi connectivity index (χ2v) is 11.0. The second-order valence-electron chi connectivity index (χ2n) is 8.79. The molecule has 2 aromatic rings. The molecule has 0 spiro atoms. The van der Waals surface area contributed by atoms with Crippen molar-refractivity contribution in [2.75, 3.05) is 7.11 Å². The van der Waals surface area contributed by atoms with E-state index in [0.717, 1.165) is 24.3 Å². The molecule has 2 atom stereocenters. The van der Waals surface area contributed by atoms with Crippen LogP contribution in [0.4, 0.5) is 26.7 Å². The van der Waals surface area contributed by atoms with Crippen LogP contribution in [0.3, 0.4) is 0 Å². The number of ether oxygens (including phenoxy) is 1. The number of carboxylic acid groups (broad SMARTS) is 1. The number of nitrogens with one attached hydrogen (secondary N) is 1. The minimum absolute atomic E-state index is 0.116. The van der Waals surface area contributed by atoms with Crippen LogP contribution < -0.4 is 5.32 Å².